The van der Waals surface area contributed by atoms with Gasteiger partial charge in [0.25, 0.3) is 0 Å². The van der Waals surface area contributed by atoms with Crippen molar-refractivity contribution in [2.45, 2.75) is 26.7 Å². The lowest BCUT2D eigenvalue weighted by molar-refractivity contribution is -0.119. The molecule has 20 heavy (non-hydrogen) atoms. The number of benzene rings is 1. The minimum absolute atomic E-state index is 0.0123. The predicted molar refractivity (Wildman–Crippen MR) is 82.3 cm³/mol. The summed E-state index contributed by atoms with van der Waals surface area (Å²) in [5.74, 6) is -0.0275. The average molecular weight is 310 g/mol. The monoisotopic (exact) mass is 309 g/mol. The highest BCUT2D eigenvalue weighted by molar-refractivity contribution is 7.15. The Kier molecular flexibility index (Phi) is 5.09. The van der Waals surface area contributed by atoms with Crippen LogP contribution in [0.1, 0.15) is 30.8 Å². The van der Waals surface area contributed by atoms with Crippen molar-refractivity contribution in [2.24, 2.45) is 5.92 Å². The third kappa shape index (κ3) is 4.02. The quantitative estimate of drug-likeness (QED) is 0.914. The second kappa shape index (κ2) is 6.81. The first kappa shape index (κ1) is 14.9. The van der Waals surface area contributed by atoms with E-state index in [0.717, 1.165) is 17.0 Å². The molecule has 1 amide bonds. The molecule has 106 valence electrons. The molecule has 0 aliphatic carbocycles. The summed E-state index contributed by atoms with van der Waals surface area (Å²) in [4.78, 5) is 11.8. The lowest BCUT2D eigenvalue weighted by Crippen LogP contribution is -2.19. The van der Waals surface area contributed by atoms with Gasteiger partial charge in [0.05, 0.1) is 0 Å². The van der Waals surface area contributed by atoms with Crippen LogP contribution in [0.25, 0.3) is 0 Å². The molecule has 0 fully saturated rings. The van der Waals surface area contributed by atoms with Gasteiger partial charge in [-0.15, -0.1) is 10.2 Å². The minimum Gasteiger partial charge on any atom is -0.300 e. The van der Waals surface area contributed by atoms with E-state index < -0.39 is 0 Å². The Labute approximate surface area is 127 Å². The van der Waals surface area contributed by atoms with Crippen molar-refractivity contribution in [3.63, 3.8) is 0 Å². The van der Waals surface area contributed by atoms with Crippen molar-refractivity contribution < 1.29 is 4.79 Å². The molecule has 1 aromatic carbocycles. The van der Waals surface area contributed by atoms with E-state index in [1.54, 1.807) is 0 Å². The van der Waals surface area contributed by atoms with E-state index in [1.807, 2.05) is 38.1 Å². The van der Waals surface area contributed by atoms with Gasteiger partial charge in [0.2, 0.25) is 11.0 Å². The van der Waals surface area contributed by atoms with Crippen molar-refractivity contribution in [3.05, 3.63) is 39.9 Å². The van der Waals surface area contributed by atoms with Gasteiger partial charge in [-0.2, -0.15) is 0 Å². The molecule has 1 unspecified atom stereocenters. The molecule has 2 rings (SSSR count). The fourth-order valence-corrected chi connectivity index (χ4v) is 2.47. The molecule has 4 nitrogen and oxygen atoms in total. The van der Waals surface area contributed by atoms with E-state index in [1.165, 1.54) is 11.3 Å². The van der Waals surface area contributed by atoms with Gasteiger partial charge < -0.3 is 5.32 Å². The largest absolute Gasteiger partial charge is 0.300 e. The zero-order valence-corrected chi connectivity index (χ0v) is 13.0. The smallest absolute Gasteiger partial charge is 0.229 e. The molecule has 1 N–H and O–H groups in total. The molecule has 1 aromatic heterocycles. The van der Waals surface area contributed by atoms with E-state index in [0.29, 0.717) is 16.6 Å². The third-order valence-electron chi connectivity index (χ3n) is 3.03. The second-order valence-electron chi connectivity index (χ2n) is 4.60. The first-order valence-electron chi connectivity index (χ1n) is 6.46. The minimum atomic E-state index is -0.0152. The maximum absolute atomic E-state index is 11.8. The van der Waals surface area contributed by atoms with Crippen molar-refractivity contribution >= 4 is 34.0 Å². The Morgan fingerprint density at radius 3 is 2.70 bits per heavy atom. The van der Waals surface area contributed by atoms with Crippen LogP contribution in [-0.2, 0) is 11.2 Å². The Balaban J connectivity index is 1.98. The van der Waals surface area contributed by atoms with Gasteiger partial charge in [0.1, 0.15) is 5.01 Å². The van der Waals surface area contributed by atoms with Crippen molar-refractivity contribution in [1.29, 1.82) is 0 Å². The van der Waals surface area contributed by atoms with Crippen molar-refractivity contribution in [3.8, 4) is 0 Å². The summed E-state index contributed by atoms with van der Waals surface area (Å²) in [6.07, 6.45) is 1.50. The number of rotatable bonds is 5. The average Bonchev–Trinajstić information content (AvgIpc) is 2.87. The molecular formula is C14H16ClN3OS. The maximum Gasteiger partial charge on any atom is 0.229 e. The number of carbonyl (C=O) groups excluding carboxylic acids is 1. The molecular weight excluding hydrogens is 294 g/mol. The van der Waals surface area contributed by atoms with Gasteiger partial charge in [-0.3, -0.25) is 4.79 Å². The number of aromatic nitrogens is 2. The number of hydrogen-bond donors (Lipinski definition) is 1. The number of anilines is 1. The number of carbonyl (C=O) groups is 1. The van der Waals surface area contributed by atoms with E-state index in [2.05, 4.69) is 15.5 Å². The highest BCUT2D eigenvalue weighted by Gasteiger charge is 2.13. The fraction of sp³-hybridized carbons (Fsp3) is 0.357. The van der Waals surface area contributed by atoms with Crippen LogP contribution in [0, 0.1) is 5.92 Å². The number of nitrogens with one attached hydrogen (secondary N) is 1. The normalized spacial score (nSPS) is 12.2. The molecule has 0 radical (unpaired) electrons. The Morgan fingerprint density at radius 1 is 1.35 bits per heavy atom. The summed E-state index contributed by atoms with van der Waals surface area (Å²) in [6, 6.07) is 7.62. The number of halogens is 1. The fourth-order valence-electron chi connectivity index (χ4n) is 1.57. The third-order valence-corrected chi connectivity index (χ3v) is 4.12. The Morgan fingerprint density at radius 2 is 2.05 bits per heavy atom. The molecule has 1 heterocycles. The molecule has 2 aromatic rings. The summed E-state index contributed by atoms with van der Waals surface area (Å²) in [6.45, 7) is 3.88. The molecule has 0 aliphatic rings. The molecule has 0 spiro atoms. The number of nitrogens with zero attached hydrogens (tertiary/aromatic N) is 2. The Bertz CT molecular complexity index is 582. The van der Waals surface area contributed by atoms with Gasteiger partial charge in [0.15, 0.2) is 0 Å². The van der Waals surface area contributed by atoms with E-state index in [9.17, 15) is 4.79 Å². The van der Waals surface area contributed by atoms with Crippen LogP contribution in [0.2, 0.25) is 5.02 Å². The van der Waals surface area contributed by atoms with Crippen LogP contribution in [0.15, 0.2) is 24.3 Å². The van der Waals surface area contributed by atoms with Crippen LogP contribution < -0.4 is 5.32 Å². The molecule has 0 aliphatic heterocycles. The number of amides is 1. The standard InChI is InChI=1S/C14H16ClN3OS/c1-3-9(2)13(19)16-14-18-17-12(20-14)8-10-4-6-11(15)7-5-10/h4-7,9H,3,8H2,1-2H3,(H,16,18,19). The van der Waals surface area contributed by atoms with E-state index >= 15 is 0 Å². The van der Waals surface area contributed by atoms with Crippen molar-refractivity contribution in [1.82, 2.24) is 10.2 Å². The molecule has 6 heteroatoms. The predicted octanol–water partition coefficient (Wildman–Crippen LogP) is 3.77. The van der Waals surface area contributed by atoms with Gasteiger partial charge >= 0.3 is 0 Å². The summed E-state index contributed by atoms with van der Waals surface area (Å²) in [5.41, 5.74) is 1.12. The van der Waals surface area contributed by atoms with Crippen molar-refractivity contribution in [2.75, 3.05) is 5.32 Å². The van der Waals surface area contributed by atoms with Crippen LogP contribution in [0.4, 0.5) is 5.13 Å². The van der Waals surface area contributed by atoms with E-state index in [4.69, 9.17) is 11.6 Å². The summed E-state index contributed by atoms with van der Waals surface area (Å²) in [5, 5.41) is 13.0. The zero-order chi connectivity index (χ0) is 14.5. The SMILES string of the molecule is CCC(C)C(=O)Nc1nnc(Cc2ccc(Cl)cc2)s1. The first-order valence-corrected chi connectivity index (χ1v) is 7.65. The lowest BCUT2D eigenvalue weighted by Gasteiger charge is -2.06. The molecule has 0 saturated heterocycles. The van der Waals surface area contributed by atoms with Gasteiger partial charge in [-0.1, -0.05) is 48.9 Å². The zero-order valence-electron chi connectivity index (χ0n) is 11.4. The van der Waals surface area contributed by atoms with Crippen LogP contribution in [-0.4, -0.2) is 16.1 Å². The molecule has 0 bridgehead atoms. The topological polar surface area (TPSA) is 54.9 Å². The van der Waals surface area contributed by atoms with Crippen LogP contribution >= 0.6 is 22.9 Å². The van der Waals surface area contributed by atoms with Gasteiger partial charge in [-0.05, 0) is 24.1 Å². The molecule has 1 atom stereocenters. The van der Waals surface area contributed by atoms with E-state index in [-0.39, 0.29) is 11.8 Å². The van der Waals surface area contributed by atoms with Crippen LogP contribution in [0.5, 0.6) is 0 Å². The van der Waals surface area contributed by atoms with Crippen LogP contribution in [0.3, 0.4) is 0 Å². The van der Waals surface area contributed by atoms with Gasteiger partial charge in [0, 0.05) is 17.4 Å². The maximum atomic E-state index is 11.8. The summed E-state index contributed by atoms with van der Waals surface area (Å²) < 4.78 is 0. The lowest BCUT2D eigenvalue weighted by atomic mass is 10.1. The first-order chi connectivity index (χ1) is 9.58. The highest BCUT2D eigenvalue weighted by atomic mass is 35.5. The summed E-state index contributed by atoms with van der Waals surface area (Å²) in [7, 11) is 0. The Hall–Kier alpha value is -1.46. The molecule has 0 saturated carbocycles. The van der Waals surface area contributed by atoms with Gasteiger partial charge in [-0.25, -0.2) is 0 Å². The second-order valence-corrected chi connectivity index (χ2v) is 6.10. The highest BCUT2D eigenvalue weighted by Crippen LogP contribution is 2.20. The summed E-state index contributed by atoms with van der Waals surface area (Å²) >= 11 is 7.25. The number of hydrogen-bond acceptors (Lipinski definition) is 4.